The maximum absolute atomic E-state index is 12.5. The lowest BCUT2D eigenvalue weighted by Crippen LogP contribution is -2.14. The molecule has 1 aromatic heterocycles. The molecule has 0 saturated heterocycles. The standard InChI is InChI=1S/C16H12Cl2N4O3S2/c1-27(24,25)22-11-6-7-13(18)12(8-11)14(23)19-16-21-20-15(26-16)9-2-4-10(17)5-3-9/h2-8,22H,1H3,(H,19,21,23). The van der Waals surface area contributed by atoms with Gasteiger partial charge < -0.3 is 0 Å². The Labute approximate surface area is 169 Å². The van der Waals surface area contributed by atoms with E-state index in [2.05, 4.69) is 20.2 Å². The van der Waals surface area contributed by atoms with Gasteiger partial charge in [0.15, 0.2) is 0 Å². The van der Waals surface area contributed by atoms with Crippen molar-refractivity contribution in [3.8, 4) is 10.6 Å². The van der Waals surface area contributed by atoms with Crippen molar-refractivity contribution in [2.75, 3.05) is 16.3 Å². The van der Waals surface area contributed by atoms with Gasteiger partial charge in [-0.05, 0) is 30.3 Å². The number of nitrogens with zero attached hydrogens (tertiary/aromatic N) is 2. The smallest absolute Gasteiger partial charge is 0.259 e. The molecule has 0 radical (unpaired) electrons. The van der Waals surface area contributed by atoms with Crippen LogP contribution in [0.5, 0.6) is 0 Å². The van der Waals surface area contributed by atoms with Crippen LogP contribution in [0.3, 0.4) is 0 Å². The molecule has 140 valence electrons. The lowest BCUT2D eigenvalue weighted by atomic mass is 10.2. The van der Waals surface area contributed by atoms with E-state index in [1.165, 1.54) is 29.5 Å². The molecule has 0 saturated carbocycles. The first kappa shape index (κ1) is 19.6. The van der Waals surface area contributed by atoms with Crippen LogP contribution in [-0.4, -0.2) is 30.8 Å². The Kier molecular flexibility index (Phi) is 5.66. The molecule has 11 heteroatoms. The number of rotatable bonds is 5. The highest BCUT2D eigenvalue weighted by Crippen LogP contribution is 2.28. The van der Waals surface area contributed by atoms with Crippen molar-refractivity contribution in [2.45, 2.75) is 0 Å². The first-order chi connectivity index (χ1) is 12.7. The zero-order valence-corrected chi connectivity index (χ0v) is 16.9. The predicted octanol–water partition coefficient (Wildman–Crippen LogP) is 4.14. The number of benzene rings is 2. The van der Waals surface area contributed by atoms with Gasteiger partial charge in [0.05, 0.1) is 16.8 Å². The van der Waals surface area contributed by atoms with E-state index >= 15 is 0 Å². The Hall–Kier alpha value is -2.20. The molecule has 0 spiro atoms. The number of carbonyl (C=O) groups excluding carboxylic acids is 1. The number of hydrogen-bond acceptors (Lipinski definition) is 6. The van der Waals surface area contributed by atoms with Crippen LogP contribution in [0.1, 0.15) is 10.4 Å². The van der Waals surface area contributed by atoms with Crippen molar-refractivity contribution < 1.29 is 13.2 Å². The summed E-state index contributed by atoms with van der Waals surface area (Å²) in [5.74, 6) is -0.532. The summed E-state index contributed by atoms with van der Waals surface area (Å²) in [7, 11) is -3.48. The molecule has 2 N–H and O–H groups in total. The summed E-state index contributed by atoms with van der Waals surface area (Å²) in [5.41, 5.74) is 1.15. The van der Waals surface area contributed by atoms with E-state index in [1.54, 1.807) is 24.3 Å². The summed E-state index contributed by atoms with van der Waals surface area (Å²) in [5, 5.41) is 12.3. The van der Waals surface area contributed by atoms with E-state index in [-0.39, 0.29) is 21.4 Å². The van der Waals surface area contributed by atoms with Crippen LogP contribution in [0.25, 0.3) is 10.6 Å². The third-order valence-corrected chi connectivity index (χ3v) is 5.33. The van der Waals surface area contributed by atoms with E-state index in [9.17, 15) is 13.2 Å². The second-order valence-electron chi connectivity index (χ2n) is 5.44. The number of sulfonamides is 1. The Morgan fingerprint density at radius 2 is 1.78 bits per heavy atom. The molecular weight excluding hydrogens is 431 g/mol. The van der Waals surface area contributed by atoms with Gasteiger partial charge in [-0.15, -0.1) is 10.2 Å². The molecule has 1 amide bonds. The van der Waals surface area contributed by atoms with Crippen molar-refractivity contribution in [2.24, 2.45) is 0 Å². The van der Waals surface area contributed by atoms with E-state index in [4.69, 9.17) is 23.2 Å². The predicted molar refractivity (Wildman–Crippen MR) is 108 cm³/mol. The van der Waals surface area contributed by atoms with Gasteiger partial charge in [-0.2, -0.15) is 0 Å². The normalized spacial score (nSPS) is 11.2. The second kappa shape index (κ2) is 7.81. The summed E-state index contributed by atoms with van der Waals surface area (Å²) in [6.07, 6.45) is 1.01. The molecule has 0 aliphatic heterocycles. The zero-order chi connectivity index (χ0) is 19.6. The third-order valence-electron chi connectivity index (χ3n) is 3.25. The highest BCUT2D eigenvalue weighted by Gasteiger charge is 2.15. The Morgan fingerprint density at radius 3 is 2.44 bits per heavy atom. The summed E-state index contributed by atoms with van der Waals surface area (Å²) >= 11 is 13.1. The molecule has 0 aliphatic rings. The molecule has 3 rings (SSSR count). The SMILES string of the molecule is CS(=O)(=O)Nc1ccc(Cl)c(C(=O)Nc2nnc(-c3ccc(Cl)cc3)s2)c1. The molecule has 2 aromatic carbocycles. The number of nitrogens with one attached hydrogen (secondary N) is 2. The zero-order valence-electron chi connectivity index (χ0n) is 13.7. The molecule has 3 aromatic rings. The Balaban J connectivity index is 1.79. The van der Waals surface area contributed by atoms with E-state index in [0.29, 0.717) is 10.0 Å². The van der Waals surface area contributed by atoms with Crippen LogP contribution in [0.4, 0.5) is 10.8 Å². The van der Waals surface area contributed by atoms with Crippen molar-refractivity contribution >= 4 is 61.3 Å². The minimum absolute atomic E-state index is 0.105. The molecule has 0 bridgehead atoms. The summed E-state index contributed by atoms with van der Waals surface area (Å²) < 4.78 is 25.0. The molecule has 0 fully saturated rings. The largest absolute Gasteiger partial charge is 0.296 e. The lowest BCUT2D eigenvalue weighted by Gasteiger charge is -2.08. The molecule has 0 atom stereocenters. The number of carbonyl (C=O) groups is 1. The fraction of sp³-hybridized carbons (Fsp3) is 0.0625. The van der Waals surface area contributed by atoms with Crippen LogP contribution in [0.15, 0.2) is 42.5 Å². The van der Waals surface area contributed by atoms with Crippen molar-refractivity contribution in [3.63, 3.8) is 0 Å². The fourth-order valence-electron chi connectivity index (χ4n) is 2.12. The van der Waals surface area contributed by atoms with Gasteiger partial charge in [-0.3, -0.25) is 14.8 Å². The van der Waals surface area contributed by atoms with Crippen LogP contribution in [-0.2, 0) is 10.0 Å². The maximum atomic E-state index is 12.5. The van der Waals surface area contributed by atoms with Crippen LogP contribution in [0, 0.1) is 0 Å². The monoisotopic (exact) mass is 442 g/mol. The molecular formula is C16H12Cl2N4O3S2. The Bertz CT molecular complexity index is 1100. The first-order valence-electron chi connectivity index (χ1n) is 7.39. The first-order valence-corrected chi connectivity index (χ1v) is 10.9. The quantitative estimate of drug-likeness (QED) is 0.618. The van der Waals surface area contributed by atoms with Gasteiger partial charge in [-0.1, -0.05) is 46.7 Å². The summed E-state index contributed by atoms with van der Waals surface area (Å²) in [6.45, 7) is 0. The van der Waals surface area contributed by atoms with Crippen LogP contribution in [0.2, 0.25) is 10.0 Å². The second-order valence-corrected chi connectivity index (χ2v) is 9.01. The Morgan fingerprint density at radius 1 is 1.07 bits per heavy atom. The van der Waals surface area contributed by atoms with E-state index in [1.807, 2.05) is 0 Å². The minimum atomic E-state index is -3.48. The molecule has 0 unspecified atom stereocenters. The minimum Gasteiger partial charge on any atom is -0.296 e. The molecule has 1 heterocycles. The molecule has 0 aliphatic carbocycles. The maximum Gasteiger partial charge on any atom is 0.259 e. The van der Waals surface area contributed by atoms with Crippen LogP contribution < -0.4 is 10.0 Å². The van der Waals surface area contributed by atoms with Crippen molar-refractivity contribution in [3.05, 3.63) is 58.1 Å². The van der Waals surface area contributed by atoms with E-state index < -0.39 is 15.9 Å². The number of amides is 1. The van der Waals surface area contributed by atoms with Gasteiger partial charge in [0.1, 0.15) is 5.01 Å². The highest BCUT2D eigenvalue weighted by molar-refractivity contribution is 7.92. The third kappa shape index (κ3) is 5.16. The number of anilines is 2. The number of halogens is 2. The number of hydrogen-bond donors (Lipinski definition) is 2. The van der Waals surface area contributed by atoms with E-state index in [0.717, 1.165) is 11.8 Å². The van der Waals surface area contributed by atoms with Crippen molar-refractivity contribution in [1.29, 1.82) is 0 Å². The van der Waals surface area contributed by atoms with Gasteiger partial charge in [0, 0.05) is 16.3 Å². The van der Waals surface area contributed by atoms with Gasteiger partial charge in [0.2, 0.25) is 15.2 Å². The van der Waals surface area contributed by atoms with Crippen molar-refractivity contribution in [1.82, 2.24) is 10.2 Å². The van der Waals surface area contributed by atoms with Crippen LogP contribution >= 0.6 is 34.5 Å². The van der Waals surface area contributed by atoms with Gasteiger partial charge in [0.25, 0.3) is 5.91 Å². The van der Waals surface area contributed by atoms with Gasteiger partial charge in [-0.25, -0.2) is 8.42 Å². The average Bonchev–Trinajstić information content (AvgIpc) is 3.04. The molecule has 27 heavy (non-hydrogen) atoms. The number of aromatic nitrogens is 2. The average molecular weight is 443 g/mol. The fourth-order valence-corrected chi connectivity index (χ4v) is 3.75. The highest BCUT2D eigenvalue weighted by atomic mass is 35.5. The summed E-state index contributed by atoms with van der Waals surface area (Å²) in [4.78, 5) is 12.5. The topological polar surface area (TPSA) is 101 Å². The van der Waals surface area contributed by atoms with Gasteiger partial charge >= 0.3 is 0 Å². The molecule has 7 nitrogen and oxygen atoms in total. The lowest BCUT2D eigenvalue weighted by molar-refractivity contribution is 0.102. The summed E-state index contributed by atoms with van der Waals surface area (Å²) in [6, 6.07) is 11.3.